The lowest BCUT2D eigenvalue weighted by Gasteiger charge is -2.51. The van der Waals surface area contributed by atoms with Crippen molar-refractivity contribution in [3.8, 4) is 0 Å². The zero-order chi connectivity index (χ0) is 9.69. The van der Waals surface area contributed by atoms with E-state index in [1.807, 2.05) is 0 Å². The van der Waals surface area contributed by atoms with Crippen molar-refractivity contribution >= 4 is 0 Å². The maximum Gasteiger partial charge on any atom is 0.0161 e. The van der Waals surface area contributed by atoms with Crippen LogP contribution in [-0.4, -0.2) is 23.0 Å². The van der Waals surface area contributed by atoms with E-state index in [-0.39, 0.29) is 0 Å². The van der Waals surface area contributed by atoms with Gasteiger partial charge in [-0.05, 0) is 51.5 Å². The number of nitrogens with zero attached hydrogens (tertiary/aromatic N) is 1. The Labute approximate surface area is 82.5 Å². The molecule has 0 spiro atoms. The van der Waals surface area contributed by atoms with Gasteiger partial charge >= 0.3 is 0 Å². The molecule has 0 aliphatic carbocycles. The lowest BCUT2D eigenvalue weighted by molar-refractivity contribution is -0.00800. The summed E-state index contributed by atoms with van der Waals surface area (Å²) in [4.78, 5) is 2.75. The van der Waals surface area contributed by atoms with Gasteiger partial charge in [0.15, 0.2) is 0 Å². The summed E-state index contributed by atoms with van der Waals surface area (Å²) in [5, 5.41) is 0. The Morgan fingerprint density at radius 1 is 1.15 bits per heavy atom. The van der Waals surface area contributed by atoms with Gasteiger partial charge in [-0.15, -0.1) is 0 Å². The highest BCUT2D eigenvalue weighted by Gasteiger charge is 2.45. The van der Waals surface area contributed by atoms with Crippen LogP contribution in [0.15, 0.2) is 0 Å². The van der Waals surface area contributed by atoms with Crippen LogP contribution >= 0.6 is 0 Å². The number of hydrogen-bond acceptors (Lipinski definition) is 1. The number of fused-ring (bicyclic) bond motifs is 1. The predicted molar refractivity (Wildman–Crippen MR) is 56.8 cm³/mol. The Bertz CT molecular complexity index is 205. The van der Waals surface area contributed by atoms with E-state index in [1.165, 1.54) is 32.2 Å². The van der Waals surface area contributed by atoms with Crippen molar-refractivity contribution in [1.82, 2.24) is 4.90 Å². The Morgan fingerprint density at radius 2 is 1.85 bits per heavy atom. The fourth-order valence-corrected chi connectivity index (χ4v) is 3.83. The molecule has 0 bridgehead atoms. The van der Waals surface area contributed by atoms with Crippen molar-refractivity contribution in [1.29, 1.82) is 0 Å². The Kier molecular flexibility index (Phi) is 1.99. The van der Waals surface area contributed by atoms with Gasteiger partial charge in [-0.25, -0.2) is 0 Å². The first kappa shape index (κ1) is 9.51. The first-order valence-electron chi connectivity index (χ1n) is 5.68. The monoisotopic (exact) mass is 181 g/mol. The first-order chi connectivity index (χ1) is 5.91. The third kappa shape index (κ3) is 1.63. The summed E-state index contributed by atoms with van der Waals surface area (Å²) >= 11 is 0. The quantitative estimate of drug-likeness (QED) is 0.555. The third-order valence-electron chi connectivity index (χ3n) is 3.85. The maximum absolute atomic E-state index is 2.75. The van der Waals surface area contributed by atoms with Gasteiger partial charge < -0.3 is 0 Å². The lowest BCUT2D eigenvalue weighted by atomic mass is 9.71. The summed E-state index contributed by atoms with van der Waals surface area (Å²) in [6.45, 7) is 11.1. The molecule has 0 radical (unpaired) electrons. The standard InChI is InChI=1S/C12H23N/c1-11(2)8-10-6-5-7-13(10)12(3,4)9-11/h10H,5-9H2,1-4H3/t10-/m1/s1. The molecular weight excluding hydrogens is 158 g/mol. The summed E-state index contributed by atoms with van der Waals surface area (Å²) in [5.74, 6) is 0. The van der Waals surface area contributed by atoms with Crippen LogP contribution < -0.4 is 0 Å². The van der Waals surface area contributed by atoms with Crippen molar-refractivity contribution in [3.63, 3.8) is 0 Å². The van der Waals surface area contributed by atoms with Gasteiger partial charge in [0.2, 0.25) is 0 Å². The van der Waals surface area contributed by atoms with Crippen LogP contribution in [-0.2, 0) is 0 Å². The molecule has 0 saturated carbocycles. The van der Waals surface area contributed by atoms with Crippen LogP contribution in [0.25, 0.3) is 0 Å². The maximum atomic E-state index is 2.75. The van der Waals surface area contributed by atoms with Gasteiger partial charge in [0.05, 0.1) is 0 Å². The van der Waals surface area contributed by atoms with E-state index >= 15 is 0 Å². The number of rotatable bonds is 0. The van der Waals surface area contributed by atoms with Crippen molar-refractivity contribution in [2.75, 3.05) is 6.54 Å². The van der Waals surface area contributed by atoms with Gasteiger partial charge in [0.1, 0.15) is 0 Å². The molecule has 2 aliphatic rings. The number of piperidine rings is 1. The summed E-state index contributed by atoms with van der Waals surface area (Å²) in [7, 11) is 0. The Balaban J connectivity index is 2.21. The van der Waals surface area contributed by atoms with E-state index in [0.717, 1.165) is 6.04 Å². The summed E-state index contributed by atoms with van der Waals surface area (Å²) in [5.41, 5.74) is 1.01. The zero-order valence-electron chi connectivity index (χ0n) is 9.56. The van der Waals surface area contributed by atoms with E-state index in [2.05, 4.69) is 32.6 Å². The first-order valence-corrected chi connectivity index (χ1v) is 5.68. The summed E-state index contributed by atoms with van der Waals surface area (Å²) < 4.78 is 0. The molecular formula is C12H23N. The highest BCUT2D eigenvalue weighted by Crippen LogP contribution is 2.46. The third-order valence-corrected chi connectivity index (χ3v) is 3.85. The van der Waals surface area contributed by atoms with Crippen LogP contribution in [0.5, 0.6) is 0 Å². The van der Waals surface area contributed by atoms with Crippen LogP contribution in [0.4, 0.5) is 0 Å². The molecule has 0 amide bonds. The van der Waals surface area contributed by atoms with E-state index in [1.54, 1.807) is 0 Å². The fourth-order valence-electron chi connectivity index (χ4n) is 3.83. The van der Waals surface area contributed by atoms with Gasteiger partial charge in [-0.2, -0.15) is 0 Å². The van der Waals surface area contributed by atoms with Crippen LogP contribution in [0, 0.1) is 5.41 Å². The van der Waals surface area contributed by atoms with Gasteiger partial charge in [0, 0.05) is 11.6 Å². The highest BCUT2D eigenvalue weighted by atomic mass is 15.2. The molecule has 0 aromatic carbocycles. The minimum Gasteiger partial charge on any atom is -0.295 e. The van der Waals surface area contributed by atoms with Crippen molar-refractivity contribution < 1.29 is 0 Å². The van der Waals surface area contributed by atoms with E-state index in [4.69, 9.17) is 0 Å². The van der Waals surface area contributed by atoms with Crippen LogP contribution in [0.1, 0.15) is 53.4 Å². The number of hydrogen-bond donors (Lipinski definition) is 0. The average molecular weight is 181 g/mol. The van der Waals surface area contributed by atoms with Crippen LogP contribution in [0.3, 0.4) is 0 Å². The van der Waals surface area contributed by atoms with Gasteiger partial charge in [0.25, 0.3) is 0 Å². The van der Waals surface area contributed by atoms with Gasteiger partial charge in [-0.1, -0.05) is 13.8 Å². The molecule has 2 rings (SSSR count). The SMILES string of the molecule is CC1(C)C[C@H]2CCCN2C(C)(C)C1. The zero-order valence-corrected chi connectivity index (χ0v) is 9.56. The smallest absolute Gasteiger partial charge is 0.0161 e. The fraction of sp³-hybridized carbons (Fsp3) is 1.00. The van der Waals surface area contributed by atoms with Crippen molar-refractivity contribution in [2.24, 2.45) is 5.41 Å². The van der Waals surface area contributed by atoms with Crippen molar-refractivity contribution in [2.45, 2.75) is 65.0 Å². The topological polar surface area (TPSA) is 3.24 Å². The highest BCUT2D eigenvalue weighted by molar-refractivity contribution is 5.00. The molecule has 0 aromatic rings. The molecule has 76 valence electrons. The normalized spacial score (nSPS) is 37.4. The molecule has 0 unspecified atom stereocenters. The second kappa shape index (κ2) is 2.73. The lowest BCUT2D eigenvalue weighted by Crippen LogP contribution is -2.54. The molecule has 2 heterocycles. The van der Waals surface area contributed by atoms with Gasteiger partial charge in [-0.3, -0.25) is 4.90 Å². The largest absolute Gasteiger partial charge is 0.295 e. The molecule has 13 heavy (non-hydrogen) atoms. The molecule has 0 aromatic heterocycles. The second-order valence-corrected chi connectivity index (χ2v) is 6.35. The predicted octanol–water partition coefficient (Wildman–Crippen LogP) is 3.05. The summed E-state index contributed by atoms with van der Waals surface area (Å²) in [6, 6.07) is 0.888. The second-order valence-electron chi connectivity index (χ2n) is 6.35. The molecule has 2 aliphatic heterocycles. The van der Waals surface area contributed by atoms with E-state index in [9.17, 15) is 0 Å². The molecule has 1 heteroatoms. The van der Waals surface area contributed by atoms with Crippen molar-refractivity contribution in [3.05, 3.63) is 0 Å². The molecule has 2 saturated heterocycles. The Morgan fingerprint density at radius 3 is 2.54 bits per heavy atom. The molecule has 1 nitrogen and oxygen atoms in total. The average Bonchev–Trinajstić information content (AvgIpc) is 2.29. The minimum atomic E-state index is 0.447. The molecule has 2 fully saturated rings. The minimum absolute atomic E-state index is 0.447. The van der Waals surface area contributed by atoms with Crippen LogP contribution in [0.2, 0.25) is 0 Å². The van der Waals surface area contributed by atoms with E-state index < -0.39 is 0 Å². The van der Waals surface area contributed by atoms with E-state index in [0.29, 0.717) is 11.0 Å². The molecule has 0 N–H and O–H groups in total. The Hall–Kier alpha value is -0.0400. The molecule has 1 atom stereocenters. The summed E-state index contributed by atoms with van der Waals surface area (Å²) in [6.07, 6.45) is 5.63.